The highest BCUT2D eigenvalue weighted by molar-refractivity contribution is 6.37. The van der Waals surface area contributed by atoms with Crippen LogP contribution in [-0.4, -0.2) is 7.28 Å². The van der Waals surface area contributed by atoms with Crippen LogP contribution in [0.3, 0.4) is 0 Å². The van der Waals surface area contributed by atoms with E-state index in [4.69, 9.17) is 0 Å². The summed E-state index contributed by atoms with van der Waals surface area (Å²) in [5.41, 5.74) is 0. The maximum Gasteiger partial charge on any atom is 0.113 e. The van der Waals surface area contributed by atoms with E-state index in [9.17, 15) is 0 Å². The van der Waals surface area contributed by atoms with Gasteiger partial charge in [-0.25, -0.2) is 0 Å². The lowest BCUT2D eigenvalue weighted by Gasteiger charge is -2.18. The van der Waals surface area contributed by atoms with Crippen molar-refractivity contribution in [1.82, 2.24) is 0 Å². The first-order chi connectivity index (χ1) is 8.43. The Balaban J connectivity index is 1.95. The van der Waals surface area contributed by atoms with Crippen LogP contribution in [0.25, 0.3) is 0 Å². The second kappa shape index (κ2) is 10.9. The molecule has 17 heavy (non-hydrogen) atoms. The molecule has 1 rings (SSSR count). The lowest BCUT2D eigenvalue weighted by molar-refractivity contribution is 0.500. The Kier molecular flexibility index (Phi) is 9.55. The summed E-state index contributed by atoms with van der Waals surface area (Å²) in [5, 5.41) is 0. The van der Waals surface area contributed by atoms with Crippen LogP contribution in [0.5, 0.6) is 0 Å². The van der Waals surface area contributed by atoms with Gasteiger partial charge in [-0.05, 0) is 12.8 Å². The fourth-order valence-corrected chi connectivity index (χ4v) is 2.77. The van der Waals surface area contributed by atoms with Crippen molar-refractivity contribution in [2.75, 3.05) is 0 Å². The second-order valence-electron chi connectivity index (χ2n) is 5.51. The smallest absolute Gasteiger partial charge is 0.0888 e. The first kappa shape index (κ1) is 14.9. The number of unbranched alkanes of at least 4 members (excludes halogenated alkanes) is 2. The van der Waals surface area contributed by atoms with Crippen molar-refractivity contribution in [3.05, 3.63) is 12.2 Å². The minimum absolute atomic E-state index is 0.946. The van der Waals surface area contributed by atoms with Crippen molar-refractivity contribution >= 4 is 7.28 Å². The molecule has 1 saturated carbocycles. The van der Waals surface area contributed by atoms with Crippen LogP contribution in [0.15, 0.2) is 12.2 Å². The van der Waals surface area contributed by atoms with Gasteiger partial charge in [-0.3, -0.25) is 0 Å². The van der Waals surface area contributed by atoms with Gasteiger partial charge in [-0.1, -0.05) is 89.0 Å². The Morgan fingerprint density at radius 1 is 0.941 bits per heavy atom. The minimum atomic E-state index is 0.946. The third-order valence-electron chi connectivity index (χ3n) is 3.88. The predicted molar refractivity (Wildman–Crippen MR) is 79.9 cm³/mol. The van der Waals surface area contributed by atoms with Gasteiger partial charge in [-0.2, -0.15) is 0 Å². The molecule has 0 aliphatic heterocycles. The molecule has 0 aromatic heterocycles. The maximum atomic E-state index is 2.63. The fraction of sp³-hybridized carbons (Fsp3) is 0.875. The molecule has 0 aromatic rings. The molecule has 0 atom stereocenters. The zero-order chi connectivity index (χ0) is 12.2. The van der Waals surface area contributed by atoms with E-state index >= 15 is 0 Å². The Labute approximate surface area is 110 Å². The number of hydrogen-bond acceptors (Lipinski definition) is 0. The largest absolute Gasteiger partial charge is 0.113 e. The summed E-state index contributed by atoms with van der Waals surface area (Å²) in [6, 6.07) is 0. The van der Waals surface area contributed by atoms with E-state index in [0.717, 1.165) is 5.82 Å². The summed E-state index contributed by atoms with van der Waals surface area (Å²) in [7, 11) is 2.63. The van der Waals surface area contributed by atoms with Crippen LogP contribution in [0.1, 0.15) is 77.6 Å². The molecule has 0 nitrogen and oxygen atoms in total. The van der Waals surface area contributed by atoms with Gasteiger partial charge in [0.15, 0.2) is 0 Å². The summed E-state index contributed by atoms with van der Waals surface area (Å²) in [4.78, 5) is 0. The molecule has 0 unspecified atom stereocenters. The zero-order valence-corrected chi connectivity index (χ0v) is 11.8. The molecular formula is C16H30B. The summed E-state index contributed by atoms with van der Waals surface area (Å²) in [5.74, 6) is 0.946. The maximum absolute atomic E-state index is 2.63. The molecule has 1 heteroatoms. The van der Waals surface area contributed by atoms with Crippen molar-refractivity contribution in [1.29, 1.82) is 0 Å². The molecule has 97 valence electrons. The molecule has 1 radical (unpaired) electrons. The van der Waals surface area contributed by atoms with Crippen LogP contribution in [0, 0.1) is 0 Å². The number of hydrogen-bond donors (Lipinski definition) is 0. The van der Waals surface area contributed by atoms with Crippen LogP contribution < -0.4 is 0 Å². The van der Waals surface area contributed by atoms with E-state index < -0.39 is 0 Å². The molecule has 1 aliphatic rings. The van der Waals surface area contributed by atoms with Gasteiger partial charge < -0.3 is 0 Å². The first-order valence-corrected chi connectivity index (χ1v) is 7.92. The molecule has 0 bridgehead atoms. The van der Waals surface area contributed by atoms with Gasteiger partial charge in [0.1, 0.15) is 7.28 Å². The van der Waals surface area contributed by atoms with Crippen molar-refractivity contribution in [3.63, 3.8) is 0 Å². The van der Waals surface area contributed by atoms with Crippen molar-refractivity contribution in [2.24, 2.45) is 0 Å². The Hall–Kier alpha value is -0.195. The predicted octanol–water partition coefficient (Wildman–Crippen LogP) is 5.78. The van der Waals surface area contributed by atoms with Gasteiger partial charge in [0.25, 0.3) is 0 Å². The molecule has 0 saturated heterocycles. The highest BCUT2D eigenvalue weighted by Gasteiger charge is 2.11. The van der Waals surface area contributed by atoms with Gasteiger partial charge in [0.2, 0.25) is 0 Å². The van der Waals surface area contributed by atoms with Gasteiger partial charge in [0.05, 0.1) is 0 Å². The van der Waals surface area contributed by atoms with Crippen molar-refractivity contribution in [2.45, 2.75) is 89.7 Å². The van der Waals surface area contributed by atoms with E-state index in [1.165, 1.54) is 76.9 Å². The number of rotatable bonds is 7. The topological polar surface area (TPSA) is 0 Å². The first-order valence-electron chi connectivity index (χ1n) is 7.92. The van der Waals surface area contributed by atoms with Crippen LogP contribution in [0.4, 0.5) is 0 Å². The van der Waals surface area contributed by atoms with Gasteiger partial charge in [-0.15, -0.1) is 0 Å². The molecule has 0 N–H and O–H groups in total. The highest BCUT2D eigenvalue weighted by Crippen LogP contribution is 2.27. The van der Waals surface area contributed by atoms with Crippen LogP contribution >= 0.6 is 0 Å². The summed E-state index contributed by atoms with van der Waals surface area (Å²) in [6.45, 7) is 2.21. The van der Waals surface area contributed by atoms with Crippen molar-refractivity contribution in [3.8, 4) is 0 Å². The molecule has 0 amide bonds. The van der Waals surface area contributed by atoms with Crippen LogP contribution in [0.2, 0.25) is 12.1 Å². The van der Waals surface area contributed by atoms with Gasteiger partial charge >= 0.3 is 0 Å². The summed E-state index contributed by atoms with van der Waals surface area (Å²) >= 11 is 0. The Bertz CT molecular complexity index is 178. The molecular weight excluding hydrogens is 203 g/mol. The lowest BCUT2D eigenvalue weighted by Crippen LogP contribution is -2.06. The minimum Gasteiger partial charge on any atom is -0.0888 e. The normalized spacial score (nSPS) is 19.1. The molecule has 1 aliphatic carbocycles. The van der Waals surface area contributed by atoms with Crippen LogP contribution in [-0.2, 0) is 0 Å². The summed E-state index contributed by atoms with van der Waals surface area (Å²) in [6.07, 6.45) is 21.5. The second-order valence-corrected chi connectivity index (χ2v) is 5.51. The molecule has 0 spiro atoms. The van der Waals surface area contributed by atoms with Gasteiger partial charge in [0, 0.05) is 0 Å². The van der Waals surface area contributed by atoms with E-state index in [1.807, 2.05) is 0 Å². The monoisotopic (exact) mass is 233 g/mol. The SMILES string of the molecule is CC/C=C\CCCC[B]C1CCCCCCC1. The van der Waals surface area contributed by atoms with E-state index in [-0.39, 0.29) is 0 Å². The van der Waals surface area contributed by atoms with E-state index in [0.29, 0.717) is 0 Å². The Morgan fingerprint density at radius 2 is 1.65 bits per heavy atom. The summed E-state index contributed by atoms with van der Waals surface area (Å²) < 4.78 is 0. The van der Waals surface area contributed by atoms with E-state index in [1.54, 1.807) is 0 Å². The average molecular weight is 233 g/mol. The fourth-order valence-electron chi connectivity index (χ4n) is 2.77. The van der Waals surface area contributed by atoms with Crippen molar-refractivity contribution < 1.29 is 0 Å². The Morgan fingerprint density at radius 3 is 2.35 bits per heavy atom. The van der Waals surface area contributed by atoms with E-state index in [2.05, 4.69) is 26.4 Å². The molecule has 1 fully saturated rings. The molecule has 0 heterocycles. The average Bonchev–Trinajstić information content (AvgIpc) is 2.30. The standard InChI is InChI=1S/C16H30B/c1-2-3-4-5-9-12-15-17-16-13-10-7-6-8-11-14-16/h3-4,16H,2,5-15H2,1H3/b4-3-. The molecule has 0 aromatic carbocycles. The number of allylic oxidation sites excluding steroid dienone is 2. The highest BCUT2D eigenvalue weighted by atomic mass is 14.1. The lowest BCUT2D eigenvalue weighted by atomic mass is 9.57. The third kappa shape index (κ3) is 8.52. The quantitative estimate of drug-likeness (QED) is 0.297. The third-order valence-corrected chi connectivity index (χ3v) is 3.88. The zero-order valence-electron chi connectivity index (χ0n) is 11.8.